The van der Waals surface area contributed by atoms with E-state index in [1.165, 1.54) is 25.1 Å². The molecule has 1 aromatic heterocycles. The molecule has 0 unspecified atom stereocenters. The largest absolute Gasteiger partial charge is 0.379 e. The predicted octanol–water partition coefficient (Wildman–Crippen LogP) is 1.12. The number of nitrogen functional groups attached to an aromatic ring is 1. The van der Waals surface area contributed by atoms with Gasteiger partial charge in [0.15, 0.2) is 0 Å². The summed E-state index contributed by atoms with van der Waals surface area (Å²) in [5, 5.41) is 19.9. The average molecular weight is 263 g/mol. The number of hydrogen-bond donors (Lipinski definition) is 2. The number of nitrogens with two attached hydrogens (primary N) is 1. The average Bonchev–Trinajstić information content (AvgIpc) is 2.77. The van der Waals surface area contributed by atoms with Crippen molar-refractivity contribution in [3.63, 3.8) is 0 Å². The van der Waals surface area contributed by atoms with Gasteiger partial charge in [0.25, 0.3) is 11.6 Å². The Kier molecular flexibility index (Phi) is 3.10. The molecule has 0 aliphatic carbocycles. The molecule has 0 radical (unpaired) electrons. The zero-order chi connectivity index (χ0) is 14.0. The maximum Gasteiger partial charge on any atom is 0.281 e. The molecule has 9 nitrogen and oxygen atoms in total. The van der Waals surface area contributed by atoms with Crippen molar-refractivity contribution in [2.75, 3.05) is 11.1 Å². The predicted molar refractivity (Wildman–Crippen MR) is 64.5 cm³/mol. The highest BCUT2D eigenvalue weighted by molar-refractivity contribution is 6.06. The number of nitro benzene ring substituents is 1. The summed E-state index contributed by atoms with van der Waals surface area (Å²) in [6, 6.07) is 4.34. The number of carbonyl (C=O) groups excluding carboxylic acids is 1. The van der Waals surface area contributed by atoms with Crippen molar-refractivity contribution in [3.05, 3.63) is 39.6 Å². The molecule has 0 atom stereocenters. The molecule has 0 aliphatic heterocycles. The standard InChI is InChI=1S/C10H9N5O4/c1-5-6(3-2-4-7(5)15(17)18)12-10(16)8-9(11)14-19-13-8/h2-4H,1H3,(H2,11,14)(H,12,16). The summed E-state index contributed by atoms with van der Waals surface area (Å²) in [4.78, 5) is 22.1. The van der Waals surface area contributed by atoms with Crippen LogP contribution in [-0.4, -0.2) is 21.1 Å². The first-order valence-electron chi connectivity index (χ1n) is 5.14. The molecule has 98 valence electrons. The maximum absolute atomic E-state index is 11.8. The van der Waals surface area contributed by atoms with E-state index in [1.54, 1.807) is 0 Å². The van der Waals surface area contributed by atoms with Gasteiger partial charge in [0.1, 0.15) is 0 Å². The lowest BCUT2D eigenvalue weighted by Crippen LogP contribution is -2.15. The van der Waals surface area contributed by atoms with E-state index in [1.807, 2.05) is 0 Å². The highest BCUT2D eigenvalue weighted by atomic mass is 16.6. The first-order chi connectivity index (χ1) is 9.00. The molecule has 1 heterocycles. The first kappa shape index (κ1) is 12.5. The Hall–Kier alpha value is -2.97. The van der Waals surface area contributed by atoms with E-state index in [0.29, 0.717) is 11.3 Å². The van der Waals surface area contributed by atoms with Crippen LogP contribution in [0.15, 0.2) is 22.8 Å². The molecule has 0 spiro atoms. The number of aromatic nitrogens is 2. The fraction of sp³-hybridized carbons (Fsp3) is 0.100. The van der Waals surface area contributed by atoms with Gasteiger partial charge < -0.3 is 11.1 Å². The smallest absolute Gasteiger partial charge is 0.281 e. The number of amides is 1. The minimum atomic E-state index is -0.651. The van der Waals surface area contributed by atoms with Crippen molar-refractivity contribution in [3.8, 4) is 0 Å². The van der Waals surface area contributed by atoms with Crippen molar-refractivity contribution < 1.29 is 14.3 Å². The maximum atomic E-state index is 11.8. The van der Waals surface area contributed by atoms with E-state index in [4.69, 9.17) is 5.73 Å². The molecule has 1 amide bonds. The number of nitrogens with zero attached hydrogens (tertiary/aromatic N) is 3. The van der Waals surface area contributed by atoms with E-state index < -0.39 is 10.8 Å². The summed E-state index contributed by atoms with van der Waals surface area (Å²) in [7, 11) is 0. The number of anilines is 2. The summed E-state index contributed by atoms with van der Waals surface area (Å²) >= 11 is 0. The monoisotopic (exact) mass is 263 g/mol. The second-order valence-corrected chi connectivity index (χ2v) is 3.66. The van der Waals surface area contributed by atoms with Crippen LogP contribution in [-0.2, 0) is 0 Å². The molecule has 2 aromatic rings. The first-order valence-corrected chi connectivity index (χ1v) is 5.14. The number of rotatable bonds is 3. The van der Waals surface area contributed by atoms with E-state index in [-0.39, 0.29) is 17.2 Å². The Labute approximate surface area is 106 Å². The SMILES string of the molecule is Cc1c(NC(=O)c2nonc2N)cccc1[N+](=O)[O-]. The molecule has 3 N–H and O–H groups in total. The molecular weight excluding hydrogens is 254 g/mol. The van der Waals surface area contributed by atoms with Crippen LogP contribution in [0.3, 0.4) is 0 Å². The van der Waals surface area contributed by atoms with Gasteiger partial charge in [0, 0.05) is 6.07 Å². The Morgan fingerprint density at radius 2 is 2.21 bits per heavy atom. The van der Waals surface area contributed by atoms with E-state index in [0.717, 1.165) is 0 Å². The highest BCUT2D eigenvalue weighted by Gasteiger charge is 2.19. The summed E-state index contributed by atoms with van der Waals surface area (Å²) < 4.78 is 4.30. The van der Waals surface area contributed by atoms with Crippen LogP contribution in [0.4, 0.5) is 17.2 Å². The third kappa shape index (κ3) is 2.34. The quantitative estimate of drug-likeness (QED) is 0.625. The van der Waals surface area contributed by atoms with Crippen molar-refractivity contribution in [2.24, 2.45) is 0 Å². The second-order valence-electron chi connectivity index (χ2n) is 3.66. The van der Waals surface area contributed by atoms with Crippen LogP contribution in [0.2, 0.25) is 0 Å². The molecule has 0 saturated carbocycles. The number of benzene rings is 1. The molecule has 1 aromatic carbocycles. The summed E-state index contributed by atoms with van der Waals surface area (Å²) in [6.07, 6.45) is 0. The van der Waals surface area contributed by atoms with Crippen LogP contribution in [0, 0.1) is 17.0 Å². The zero-order valence-electron chi connectivity index (χ0n) is 9.78. The molecule has 0 aliphatic rings. The third-order valence-electron chi connectivity index (χ3n) is 2.48. The fourth-order valence-corrected chi connectivity index (χ4v) is 1.49. The lowest BCUT2D eigenvalue weighted by molar-refractivity contribution is -0.385. The Morgan fingerprint density at radius 3 is 2.79 bits per heavy atom. The van der Waals surface area contributed by atoms with Gasteiger partial charge in [-0.1, -0.05) is 6.07 Å². The van der Waals surface area contributed by atoms with Gasteiger partial charge in [0.2, 0.25) is 11.5 Å². The van der Waals surface area contributed by atoms with E-state index >= 15 is 0 Å². The van der Waals surface area contributed by atoms with Gasteiger partial charge in [-0.25, -0.2) is 4.63 Å². The van der Waals surface area contributed by atoms with Gasteiger partial charge in [-0.3, -0.25) is 14.9 Å². The van der Waals surface area contributed by atoms with Crippen LogP contribution in [0.25, 0.3) is 0 Å². The van der Waals surface area contributed by atoms with Gasteiger partial charge in [-0.2, -0.15) is 0 Å². The molecule has 19 heavy (non-hydrogen) atoms. The molecule has 2 rings (SSSR count). The minimum Gasteiger partial charge on any atom is -0.379 e. The summed E-state index contributed by atoms with van der Waals surface area (Å²) in [5.74, 6) is -0.803. The fourth-order valence-electron chi connectivity index (χ4n) is 1.49. The summed E-state index contributed by atoms with van der Waals surface area (Å²) in [5.41, 5.74) is 5.73. The Bertz CT molecular complexity index is 651. The van der Waals surface area contributed by atoms with Gasteiger partial charge >= 0.3 is 0 Å². The minimum absolute atomic E-state index is 0.0935. The highest BCUT2D eigenvalue weighted by Crippen LogP contribution is 2.25. The topological polar surface area (TPSA) is 137 Å². The summed E-state index contributed by atoms with van der Waals surface area (Å²) in [6.45, 7) is 1.53. The number of hydrogen-bond acceptors (Lipinski definition) is 7. The van der Waals surface area contributed by atoms with E-state index in [2.05, 4.69) is 20.3 Å². The molecule has 0 bridgehead atoms. The van der Waals surface area contributed by atoms with Gasteiger partial charge in [0.05, 0.1) is 16.2 Å². The lowest BCUT2D eigenvalue weighted by atomic mass is 10.1. The Morgan fingerprint density at radius 1 is 1.47 bits per heavy atom. The van der Waals surface area contributed by atoms with Gasteiger partial charge in [-0.05, 0) is 23.3 Å². The number of nitrogens with one attached hydrogen (secondary N) is 1. The number of carbonyl (C=O) groups is 1. The normalized spacial score (nSPS) is 10.2. The number of nitro groups is 1. The van der Waals surface area contributed by atoms with Crippen molar-refractivity contribution in [1.82, 2.24) is 10.3 Å². The lowest BCUT2D eigenvalue weighted by Gasteiger charge is -2.06. The van der Waals surface area contributed by atoms with Crippen molar-refractivity contribution in [1.29, 1.82) is 0 Å². The Balaban J connectivity index is 2.30. The molecule has 9 heteroatoms. The zero-order valence-corrected chi connectivity index (χ0v) is 9.78. The van der Waals surface area contributed by atoms with Crippen LogP contribution >= 0.6 is 0 Å². The van der Waals surface area contributed by atoms with Crippen molar-refractivity contribution in [2.45, 2.75) is 6.92 Å². The van der Waals surface area contributed by atoms with Gasteiger partial charge in [-0.15, -0.1) is 0 Å². The molecular formula is C10H9N5O4. The van der Waals surface area contributed by atoms with Crippen LogP contribution in [0.5, 0.6) is 0 Å². The second kappa shape index (κ2) is 4.72. The van der Waals surface area contributed by atoms with Crippen LogP contribution in [0.1, 0.15) is 16.1 Å². The van der Waals surface area contributed by atoms with Crippen LogP contribution < -0.4 is 11.1 Å². The van der Waals surface area contributed by atoms with Crippen molar-refractivity contribution >= 4 is 23.1 Å². The third-order valence-corrected chi connectivity index (χ3v) is 2.48. The molecule has 0 fully saturated rings. The van der Waals surface area contributed by atoms with E-state index in [9.17, 15) is 14.9 Å². The molecule has 0 saturated heterocycles.